The van der Waals surface area contributed by atoms with Gasteiger partial charge in [0.2, 0.25) is 0 Å². The molecule has 16 aromatic rings. The summed E-state index contributed by atoms with van der Waals surface area (Å²) in [7, 11) is 23.5. The number of aliphatic hydroxyl groups is 1. The first-order valence-corrected chi connectivity index (χ1v) is 49.2. The molecule has 32 heteroatoms. The third-order valence-corrected chi connectivity index (χ3v) is 25.3. The first-order chi connectivity index (χ1) is 69.2. The number of nitrogens with one attached hydrogen (secondary N) is 2. The Kier molecular flexibility index (Phi) is 35.5. The number of ether oxygens (including phenoxy) is 8. The van der Waals surface area contributed by atoms with Crippen molar-refractivity contribution in [1.29, 1.82) is 0 Å². The van der Waals surface area contributed by atoms with E-state index in [1.54, 1.807) is 106 Å². The zero-order valence-corrected chi connectivity index (χ0v) is 87.9. The third-order valence-electron chi connectivity index (χ3n) is 25.3. The monoisotopic (exact) mass is 1950 g/mol. The number of methoxy groups -OCH3 is 7. The van der Waals surface area contributed by atoms with Gasteiger partial charge in [0.15, 0.2) is 0 Å². The zero-order chi connectivity index (χ0) is 103. The van der Waals surface area contributed by atoms with Crippen LogP contribution in [-0.4, -0.2) is 222 Å². The number of fused-ring (bicyclic) bond motifs is 4. The van der Waals surface area contributed by atoms with E-state index in [4.69, 9.17) is 57.8 Å². The van der Waals surface area contributed by atoms with Gasteiger partial charge in [-0.1, -0.05) is 83.1 Å². The summed E-state index contributed by atoms with van der Waals surface area (Å²) >= 11 is 0. The van der Waals surface area contributed by atoms with Gasteiger partial charge in [-0.15, -0.1) is 0 Å². The number of aryl methyl sites for hydroxylation is 4. The first kappa shape index (κ1) is 105. The van der Waals surface area contributed by atoms with Crippen LogP contribution in [0.5, 0.6) is 40.2 Å². The lowest BCUT2D eigenvalue weighted by atomic mass is 9.99. The summed E-state index contributed by atoms with van der Waals surface area (Å²) in [4.78, 5) is 49.7. The molecule has 4 unspecified atom stereocenters. The minimum Gasteiger partial charge on any atom is -0.497 e. The summed E-state index contributed by atoms with van der Waals surface area (Å²) in [5.74, 6) is 7.05. The number of rotatable bonds is 40. The molecule has 144 heavy (non-hydrogen) atoms. The van der Waals surface area contributed by atoms with Crippen LogP contribution in [0.4, 0.5) is 45.5 Å². The fourth-order valence-electron chi connectivity index (χ4n) is 16.9. The number of hydrogen-bond acceptors (Lipinski definition) is 28. The first-order valence-electron chi connectivity index (χ1n) is 49.2. The minimum atomic E-state index is -0.529. The molecule has 0 saturated heterocycles. The molecule has 0 radical (unpaired) electrons. The van der Waals surface area contributed by atoms with E-state index in [1.165, 1.54) is 18.4 Å². The smallest absolute Gasteiger partial charge is 0.124 e. The van der Waals surface area contributed by atoms with Gasteiger partial charge < -0.3 is 78.1 Å². The predicted molar refractivity (Wildman–Crippen MR) is 576 cm³/mol. The Morgan fingerprint density at radius 2 is 0.708 bits per heavy atom. The van der Waals surface area contributed by atoms with Gasteiger partial charge in [-0.3, -0.25) is 38.7 Å². The van der Waals surface area contributed by atoms with E-state index in [-0.39, 0.29) is 36.6 Å². The molecule has 32 nitrogen and oxygen atoms in total. The van der Waals surface area contributed by atoms with Gasteiger partial charge in [0.05, 0.1) is 185 Å². The van der Waals surface area contributed by atoms with Crippen LogP contribution >= 0.6 is 0 Å². The Hall–Kier alpha value is -14.4. The Morgan fingerprint density at radius 1 is 0.361 bits per heavy atom. The molecule has 0 spiro atoms. The second kappa shape index (κ2) is 48.6. The lowest BCUT2D eigenvalue weighted by Crippen LogP contribution is -2.45. The van der Waals surface area contributed by atoms with Crippen molar-refractivity contribution in [3.05, 3.63) is 226 Å². The van der Waals surface area contributed by atoms with Crippen molar-refractivity contribution < 1.29 is 43.0 Å². The highest BCUT2D eigenvalue weighted by atomic mass is 16.5. The number of aliphatic hydroxyl groups excluding tert-OH is 1. The Bertz CT molecular complexity index is 6860. The van der Waals surface area contributed by atoms with E-state index in [1.807, 2.05) is 152 Å². The standard InChI is InChI=1S/C30H39N5O4.2C28H36N6O2.C26H30N6O/c1-19(2)29(36)18-39-30(20(3)4)17-35(23-10-24(37-6)13-25(11-23)38-7)22-8-9-26-27(12-22)33-28(15-31-26)21-14-32-34(5)16-21;1-18(2)28(16-29-19(3)4)34(22-10-23(35-6)13-24(11-22)36-7)21-8-9-25-26(12-21)32-27(15-30-25)20-14-31-33(5)17-20;1-18(2)28(31-19(3)4)17-34(22-10-23(35-6)13-24(11-22)36-7)21-8-9-25-26(12-21)32-27(15-29-25)20-14-30-33(5)16-20;1-30(2)15-19-9-22(11-23(10-19)33-4)32(16-18-5-6-18)21-7-8-24-25(12-21)29-26(14-27-24)20-13-28-31(3)17-20/h8-16,19-20,29-30,36H,17-18H2,1-7H3;8-15,17-19,28-29H,16H2,1-7H3;8-16,18-19,28,31H,17H2,1-7H3;7-14,17-18H,5-6,15-16H2,1-4H3. The Morgan fingerprint density at radius 3 is 1.03 bits per heavy atom. The summed E-state index contributed by atoms with van der Waals surface area (Å²) in [6.45, 7) is 30.1. The SMILES string of the molecule is COc1cc(CN(C)C)cc(N(CC2CC2)c2ccc3ncc(-c4cnn(C)c4)nc3c2)c1.COc1cc(OC)cc(N(CC(NC(C)C)C(C)C)c2ccc3ncc(-c4cnn(C)c4)nc3c2)c1.COc1cc(OC)cc(N(CC(OCC(O)C(C)C)C(C)C)c2ccc3ncc(-c4cnn(C)c4)nc3c2)c1.COc1cc(OC)cc(N(c2ccc3ncc(-c4cnn(C)c4)nc3c2)C(CNC(C)C)C(C)C)c1. The van der Waals surface area contributed by atoms with E-state index >= 15 is 0 Å². The van der Waals surface area contributed by atoms with Crippen LogP contribution < -0.4 is 63.4 Å². The molecule has 8 aromatic heterocycles. The van der Waals surface area contributed by atoms with Crippen LogP contribution in [0.3, 0.4) is 0 Å². The molecule has 0 bridgehead atoms. The molecule has 3 N–H and O–H groups in total. The van der Waals surface area contributed by atoms with Crippen molar-refractivity contribution in [2.24, 2.45) is 57.8 Å². The number of nitrogens with zero attached hydrogens (tertiary/aromatic N) is 21. The van der Waals surface area contributed by atoms with Crippen molar-refractivity contribution in [2.75, 3.05) is 116 Å². The predicted octanol–water partition coefficient (Wildman–Crippen LogP) is 20.3. The lowest BCUT2D eigenvalue weighted by Gasteiger charge is -2.37. The van der Waals surface area contributed by atoms with Crippen molar-refractivity contribution in [1.82, 2.24) is 94.5 Å². The van der Waals surface area contributed by atoms with Crippen LogP contribution in [0.2, 0.25) is 0 Å². The van der Waals surface area contributed by atoms with Gasteiger partial charge in [0, 0.05) is 238 Å². The minimum absolute atomic E-state index is 0.115. The third kappa shape index (κ3) is 27.5. The van der Waals surface area contributed by atoms with Gasteiger partial charge in [0.25, 0.3) is 0 Å². The number of hydrogen-bond donors (Lipinski definition) is 3. The highest BCUT2D eigenvalue weighted by molar-refractivity contribution is 5.87. The molecule has 17 rings (SSSR count). The van der Waals surface area contributed by atoms with Gasteiger partial charge in [-0.05, 0) is 147 Å². The number of aromatic nitrogens is 16. The van der Waals surface area contributed by atoms with Crippen LogP contribution in [0.25, 0.3) is 89.2 Å². The number of benzene rings is 8. The molecule has 4 atom stereocenters. The fraction of sp³-hybridized carbons (Fsp3) is 0.393. The molecule has 1 fully saturated rings. The normalized spacial score (nSPS) is 12.9. The van der Waals surface area contributed by atoms with Crippen LogP contribution in [0, 0.1) is 29.6 Å². The summed E-state index contributed by atoms with van der Waals surface area (Å²) in [5.41, 5.74) is 22.9. The van der Waals surface area contributed by atoms with Crippen molar-refractivity contribution in [3.63, 3.8) is 0 Å². The topological polar surface area (TPSA) is 309 Å². The maximum atomic E-state index is 10.4. The second-order valence-electron chi connectivity index (χ2n) is 38.9. The van der Waals surface area contributed by atoms with Crippen molar-refractivity contribution in [3.8, 4) is 85.3 Å². The van der Waals surface area contributed by atoms with Gasteiger partial charge in [-0.25, -0.2) is 19.9 Å². The molecule has 0 aliphatic heterocycles. The average Bonchev–Trinajstić information content (AvgIpc) is 1.37. The van der Waals surface area contributed by atoms with Crippen LogP contribution in [0.1, 0.15) is 101 Å². The highest BCUT2D eigenvalue weighted by Gasteiger charge is 2.31. The molecular weight excluding hydrogens is 1810 g/mol. The van der Waals surface area contributed by atoms with E-state index in [9.17, 15) is 5.11 Å². The maximum Gasteiger partial charge on any atom is 0.124 e. The molecule has 1 aliphatic carbocycles. The summed E-state index contributed by atoms with van der Waals surface area (Å²) in [6.07, 6.45) is 24.0. The molecule has 8 heterocycles. The maximum absolute atomic E-state index is 10.4. The molecule has 0 amide bonds. The molecule has 758 valence electrons. The average molecular weight is 1950 g/mol. The second-order valence-corrected chi connectivity index (χ2v) is 38.9. The zero-order valence-electron chi connectivity index (χ0n) is 87.9. The van der Waals surface area contributed by atoms with Crippen molar-refractivity contribution in [2.45, 2.75) is 139 Å². The Labute approximate surface area is 846 Å². The number of anilines is 8. The molecule has 8 aromatic carbocycles. The summed E-state index contributed by atoms with van der Waals surface area (Å²) in [5, 5.41) is 34.9. The van der Waals surface area contributed by atoms with E-state index < -0.39 is 6.10 Å². The van der Waals surface area contributed by atoms with Crippen LogP contribution in [-0.2, 0) is 39.5 Å². The fourth-order valence-corrected chi connectivity index (χ4v) is 16.9. The lowest BCUT2D eigenvalue weighted by molar-refractivity contribution is -0.0379. The molecular formula is C112H141N23O9. The van der Waals surface area contributed by atoms with Gasteiger partial charge in [-0.2, -0.15) is 20.4 Å². The van der Waals surface area contributed by atoms with E-state index in [2.05, 4.69) is 232 Å². The summed E-state index contributed by atoms with van der Waals surface area (Å²) < 4.78 is 52.5. The molecule has 1 saturated carbocycles. The highest BCUT2D eigenvalue weighted by Crippen LogP contribution is 2.43. The van der Waals surface area contributed by atoms with E-state index in [0.717, 1.165) is 196 Å². The van der Waals surface area contributed by atoms with E-state index in [0.29, 0.717) is 42.0 Å². The quantitative estimate of drug-likeness (QED) is 0.0321. The van der Waals surface area contributed by atoms with Crippen molar-refractivity contribution >= 4 is 89.6 Å². The van der Waals surface area contributed by atoms with Crippen LogP contribution in [0.15, 0.2) is 220 Å². The van der Waals surface area contributed by atoms with Gasteiger partial charge in [0.1, 0.15) is 40.2 Å². The Balaban J connectivity index is 0.000000152. The van der Waals surface area contributed by atoms with Gasteiger partial charge >= 0.3 is 0 Å². The largest absolute Gasteiger partial charge is 0.497 e. The molecule has 1 aliphatic rings. The summed E-state index contributed by atoms with van der Waals surface area (Å²) in [6, 6.07) is 50.3.